The van der Waals surface area contributed by atoms with Crippen LogP contribution in [0.4, 0.5) is 0 Å². The van der Waals surface area contributed by atoms with Crippen molar-refractivity contribution in [2.45, 2.75) is 78.0 Å². The van der Waals surface area contributed by atoms with Gasteiger partial charge in [0.1, 0.15) is 0 Å². The molecule has 1 aliphatic heterocycles. The third-order valence-electron chi connectivity index (χ3n) is 4.71. The van der Waals surface area contributed by atoms with Crippen molar-refractivity contribution < 1.29 is 4.74 Å². The highest BCUT2D eigenvalue weighted by Crippen LogP contribution is 2.30. The van der Waals surface area contributed by atoms with Crippen LogP contribution in [0.2, 0.25) is 0 Å². The zero-order chi connectivity index (χ0) is 13.1. The molecule has 2 aliphatic rings. The molecule has 0 amide bonds. The van der Waals surface area contributed by atoms with Gasteiger partial charge in [-0.2, -0.15) is 0 Å². The van der Waals surface area contributed by atoms with Gasteiger partial charge in [-0.1, -0.05) is 27.7 Å². The summed E-state index contributed by atoms with van der Waals surface area (Å²) in [6, 6.07) is 1.44. The maximum absolute atomic E-state index is 5.86. The Morgan fingerprint density at radius 2 is 1.61 bits per heavy atom. The van der Waals surface area contributed by atoms with E-state index < -0.39 is 0 Å². The molecule has 2 heteroatoms. The molecule has 0 aromatic heterocycles. The summed E-state index contributed by atoms with van der Waals surface area (Å²) in [5, 5.41) is 3.92. The Bertz CT molecular complexity index is 243. The predicted molar refractivity (Wildman–Crippen MR) is 76.7 cm³/mol. The van der Waals surface area contributed by atoms with Crippen LogP contribution in [0.5, 0.6) is 0 Å². The Kier molecular flexibility index (Phi) is 5.08. The highest BCUT2D eigenvalue weighted by molar-refractivity contribution is 4.85. The minimum absolute atomic E-state index is 0.467. The van der Waals surface area contributed by atoms with Gasteiger partial charge in [0.15, 0.2) is 0 Å². The second-order valence-corrected chi connectivity index (χ2v) is 7.16. The molecular weight excluding hydrogens is 222 g/mol. The fraction of sp³-hybridized carbons (Fsp3) is 1.00. The maximum Gasteiger partial charge on any atom is 0.0612 e. The van der Waals surface area contributed by atoms with Gasteiger partial charge in [-0.15, -0.1) is 0 Å². The fourth-order valence-electron chi connectivity index (χ4n) is 3.86. The van der Waals surface area contributed by atoms with Gasteiger partial charge in [-0.3, -0.25) is 0 Å². The van der Waals surface area contributed by atoms with Gasteiger partial charge in [0.2, 0.25) is 0 Å². The van der Waals surface area contributed by atoms with E-state index >= 15 is 0 Å². The molecule has 1 heterocycles. The summed E-state index contributed by atoms with van der Waals surface area (Å²) in [6.45, 7) is 10.3. The molecule has 1 N–H and O–H groups in total. The van der Waals surface area contributed by atoms with E-state index in [1.165, 1.54) is 32.1 Å². The SMILES string of the molecule is CC1CC(C)CC(NC2CCOC(C(C)C)C2)C1. The van der Waals surface area contributed by atoms with E-state index in [0.29, 0.717) is 18.1 Å². The van der Waals surface area contributed by atoms with Crippen molar-refractivity contribution >= 4 is 0 Å². The second-order valence-electron chi connectivity index (χ2n) is 7.16. The molecule has 18 heavy (non-hydrogen) atoms. The lowest BCUT2D eigenvalue weighted by Crippen LogP contribution is -2.47. The first-order chi connectivity index (χ1) is 8.54. The highest BCUT2D eigenvalue weighted by Gasteiger charge is 2.29. The third-order valence-corrected chi connectivity index (χ3v) is 4.71. The number of ether oxygens (including phenoxy) is 1. The first kappa shape index (κ1) is 14.3. The summed E-state index contributed by atoms with van der Waals surface area (Å²) in [7, 11) is 0. The lowest BCUT2D eigenvalue weighted by atomic mass is 9.80. The standard InChI is InChI=1S/C16H31NO/c1-11(2)16-10-14(5-6-18-16)17-15-8-12(3)7-13(4)9-15/h11-17H,5-10H2,1-4H3. The van der Waals surface area contributed by atoms with Gasteiger partial charge in [0, 0.05) is 18.7 Å². The first-order valence-corrected chi connectivity index (χ1v) is 7.92. The topological polar surface area (TPSA) is 21.3 Å². The van der Waals surface area contributed by atoms with Crippen molar-refractivity contribution in [3.05, 3.63) is 0 Å². The van der Waals surface area contributed by atoms with Gasteiger partial charge in [-0.25, -0.2) is 0 Å². The molecule has 2 fully saturated rings. The van der Waals surface area contributed by atoms with Crippen LogP contribution < -0.4 is 5.32 Å². The summed E-state index contributed by atoms with van der Waals surface area (Å²) in [5.74, 6) is 2.44. The van der Waals surface area contributed by atoms with E-state index in [1.807, 2.05) is 0 Å². The molecule has 0 aromatic carbocycles. The van der Waals surface area contributed by atoms with Crippen LogP contribution in [0, 0.1) is 17.8 Å². The summed E-state index contributed by atoms with van der Waals surface area (Å²) < 4.78 is 5.86. The molecule has 2 nitrogen and oxygen atoms in total. The summed E-state index contributed by atoms with van der Waals surface area (Å²) in [5.41, 5.74) is 0. The minimum atomic E-state index is 0.467. The molecule has 0 bridgehead atoms. The molecule has 4 atom stereocenters. The largest absolute Gasteiger partial charge is 0.378 e. The minimum Gasteiger partial charge on any atom is -0.378 e. The third kappa shape index (κ3) is 3.96. The Hall–Kier alpha value is -0.0800. The molecule has 1 aliphatic carbocycles. The van der Waals surface area contributed by atoms with E-state index in [-0.39, 0.29) is 0 Å². The van der Waals surface area contributed by atoms with Crippen LogP contribution in [0.3, 0.4) is 0 Å². The van der Waals surface area contributed by atoms with E-state index in [2.05, 4.69) is 33.0 Å². The van der Waals surface area contributed by atoms with Crippen LogP contribution in [-0.4, -0.2) is 24.8 Å². The van der Waals surface area contributed by atoms with Crippen molar-refractivity contribution in [2.24, 2.45) is 17.8 Å². The number of hydrogen-bond acceptors (Lipinski definition) is 2. The van der Waals surface area contributed by atoms with Gasteiger partial charge in [0.25, 0.3) is 0 Å². The van der Waals surface area contributed by atoms with Crippen molar-refractivity contribution in [3.63, 3.8) is 0 Å². The van der Waals surface area contributed by atoms with Crippen LogP contribution >= 0.6 is 0 Å². The highest BCUT2D eigenvalue weighted by atomic mass is 16.5. The Labute approximate surface area is 113 Å². The molecule has 0 spiro atoms. The van der Waals surface area contributed by atoms with Crippen LogP contribution in [0.25, 0.3) is 0 Å². The molecule has 2 rings (SSSR count). The summed E-state index contributed by atoms with van der Waals surface area (Å²) in [4.78, 5) is 0. The molecule has 1 saturated carbocycles. The zero-order valence-corrected chi connectivity index (χ0v) is 12.6. The summed E-state index contributed by atoms with van der Waals surface area (Å²) >= 11 is 0. The average Bonchev–Trinajstić information content (AvgIpc) is 2.27. The second kappa shape index (κ2) is 6.38. The Morgan fingerprint density at radius 1 is 0.944 bits per heavy atom. The van der Waals surface area contributed by atoms with Crippen molar-refractivity contribution in [2.75, 3.05) is 6.61 Å². The van der Waals surface area contributed by atoms with Crippen LogP contribution in [0.15, 0.2) is 0 Å². The molecule has 0 aromatic rings. The van der Waals surface area contributed by atoms with Crippen LogP contribution in [-0.2, 0) is 4.74 Å². The lowest BCUT2D eigenvalue weighted by Gasteiger charge is -2.38. The van der Waals surface area contributed by atoms with Gasteiger partial charge < -0.3 is 10.1 Å². The first-order valence-electron chi connectivity index (χ1n) is 7.92. The van der Waals surface area contributed by atoms with E-state index in [0.717, 1.165) is 24.5 Å². The fourth-order valence-corrected chi connectivity index (χ4v) is 3.86. The van der Waals surface area contributed by atoms with Crippen molar-refractivity contribution in [1.29, 1.82) is 0 Å². The molecular formula is C16H31NO. The van der Waals surface area contributed by atoms with E-state index in [1.54, 1.807) is 0 Å². The normalized spacial score (nSPS) is 42.2. The van der Waals surface area contributed by atoms with E-state index in [4.69, 9.17) is 4.74 Å². The van der Waals surface area contributed by atoms with E-state index in [9.17, 15) is 0 Å². The molecule has 0 radical (unpaired) electrons. The van der Waals surface area contributed by atoms with Crippen molar-refractivity contribution in [3.8, 4) is 0 Å². The lowest BCUT2D eigenvalue weighted by molar-refractivity contribution is -0.0273. The number of rotatable bonds is 3. The number of nitrogens with one attached hydrogen (secondary N) is 1. The van der Waals surface area contributed by atoms with Gasteiger partial charge >= 0.3 is 0 Å². The van der Waals surface area contributed by atoms with Crippen molar-refractivity contribution in [1.82, 2.24) is 5.32 Å². The molecule has 4 unspecified atom stereocenters. The van der Waals surface area contributed by atoms with Gasteiger partial charge in [0.05, 0.1) is 6.10 Å². The average molecular weight is 253 g/mol. The predicted octanol–water partition coefficient (Wildman–Crippen LogP) is 3.60. The Balaban J connectivity index is 1.81. The maximum atomic E-state index is 5.86. The number of hydrogen-bond donors (Lipinski definition) is 1. The monoisotopic (exact) mass is 253 g/mol. The van der Waals surface area contributed by atoms with Crippen LogP contribution in [0.1, 0.15) is 59.8 Å². The summed E-state index contributed by atoms with van der Waals surface area (Å²) in [6.07, 6.45) is 7.02. The quantitative estimate of drug-likeness (QED) is 0.829. The Morgan fingerprint density at radius 3 is 2.22 bits per heavy atom. The zero-order valence-electron chi connectivity index (χ0n) is 12.6. The smallest absolute Gasteiger partial charge is 0.0612 e. The van der Waals surface area contributed by atoms with Gasteiger partial charge in [-0.05, 0) is 49.9 Å². The molecule has 106 valence electrons. The molecule has 1 saturated heterocycles.